The number of nitrogens with one attached hydrogen (secondary N) is 1. The molecule has 2 atom stereocenters. The topological polar surface area (TPSA) is 47.1 Å². The lowest BCUT2D eigenvalue weighted by molar-refractivity contribution is -0.162. The van der Waals surface area contributed by atoms with Crippen molar-refractivity contribution in [2.75, 3.05) is 13.2 Å². The van der Waals surface area contributed by atoms with E-state index in [2.05, 4.69) is 22.6 Å². The highest BCUT2D eigenvalue weighted by Crippen LogP contribution is 2.21. The summed E-state index contributed by atoms with van der Waals surface area (Å²) in [6, 6.07) is 0. The number of thiol groups is 1. The number of hydrogen-bond donors (Lipinski definition) is 2. The molecule has 1 fully saturated rings. The molecule has 2 rings (SSSR count). The number of aromatic nitrogens is 2. The summed E-state index contributed by atoms with van der Waals surface area (Å²) < 4.78 is 11.1. The molecule has 1 N–H and O–H groups in total. The Morgan fingerprint density at radius 2 is 2.56 bits per heavy atom. The summed E-state index contributed by atoms with van der Waals surface area (Å²) >= 11 is 4.47. The van der Waals surface area contributed by atoms with Gasteiger partial charge < -0.3 is 14.5 Å². The molecule has 16 heavy (non-hydrogen) atoms. The molecule has 2 heterocycles. The first-order chi connectivity index (χ1) is 7.86. The Morgan fingerprint density at radius 1 is 1.62 bits per heavy atom. The fourth-order valence-electron chi connectivity index (χ4n) is 1.75. The van der Waals surface area contributed by atoms with Crippen LogP contribution in [0.25, 0.3) is 0 Å². The van der Waals surface area contributed by atoms with Crippen LogP contribution in [0.15, 0.2) is 12.4 Å². The van der Waals surface area contributed by atoms with E-state index in [0.29, 0.717) is 6.61 Å². The van der Waals surface area contributed by atoms with E-state index in [-0.39, 0.29) is 11.5 Å². The van der Waals surface area contributed by atoms with E-state index in [1.165, 1.54) is 6.42 Å². The largest absolute Gasteiger partial charge is 0.353 e. The highest BCUT2D eigenvalue weighted by Gasteiger charge is 2.15. The van der Waals surface area contributed by atoms with Gasteiger partial charge in [0.2, 0.25) is 0 Å². The molecule has 0 aromatic carbocycles. The Labute approximate surface area is 101 Å². The molecule has 1 aromatic heterocycles. The Hall–Kier alpha value is -0.520. The predicted molar refractivity (Wildman–Crippen MR) is 64.5 cm³/mol. The predicted octanol–water partition coefficient (Wildman–Crippen LogP) is 2.31. The standard InChI is InChI=1S/C11H18N2O2S/c16-9(11-12-5-6-13-11)4-8-15-10-3-1-2-7-14-10/h5-6,9-10,16H,1-4,7-8H2,(H,12,13). The van der Waals surface area contributed by atoms with Crippen LogP contribution in [-0.2, 0) is 9.47 Å². The van der Waals surface area contributed by atoms with Crippen LogP contribution in [0, 0.1) is 0 Å². The minimum absolute atomic E-state index is 0.00844. The van der Waals surface area contributed by atoms with Gasteiger partial charge in [0.15, 0.2) is 6.29 Å². The van der Waals surface area contributed by atoms with E-state index in [0.717, 1.165) is 31.7 Å². The third kappa shape index (κ3) is 3.50. The summed E-state index contributed by atoms with van der Waals surface area (Å²) in [4.78, 5) is 7.21. The Bertz CT molecular complexity index is 286. The molecule has 1 aromatic rings. The van der Waals surface area contributed by atoms with E-state index in [9.17, 15) is 0 Å². The third-order valence-corrected chi connectivity index (χ3v) is 3.17. The van der Waals surface area contributed by atoms with Crippen molar-refractivity contribution < 1.29 is 9.47 Å². The number of ether oxygens (including phenoxy) is 2. The fourth-order valence-corrected chi connectivity index (χ4v) is 2.00. The van der Waals surface area contributed by atoms with Crippen LogP contribution in [0.4, 0.5) is 0 Å². The first kappa shape index (κ1) is 12.0. The molecule has 0 amide bonds. The maximum Gasteiger partial charge on any atom is 0.157 e. The van der Waals surface area contributed by atoms with E-state index in [1.807, 2.05) is 6.20 Å². The lowest BCUT2D eigenvalue weighted by atomic mass is 10.2. The van der Waals surface area contributed by atoms with Gasteiger partial charge in [0, 0.05) is 19.0 Å². The van der Waals surface area contributed by atoms with Gasteiger partial charge >= 0.3 is 0 Å². The van der Waals surface area contributed by atoms with Gasteiger partial charge in [0.25, 0.3) is 0 Å². The first-order valence-corrected chi connectivity index (χ1v) is 6.28. The van der Waals surface area contributed by atoms with Crippen molar-refractivity contribution in [3.8, 4) is 0 Å². The Balaban J connectivity index is 1.63. The quantitative estimate of drug-likeness (QED) is 0.779. The maximum absolute atomic E-state index is 5.64. The molecule has 1 aliphatic heterocycles. The molecule has 90 valence electrons. The van der Waals surface area contributed by atoms with Gasteiger partial charge in [0.05, 0.1) is 11.9 Å². The molecule has 0 saturated carbocycles. The molecule has 4 nitrogen and oxygen atoms in total. The molecule has 1 aliphatic rings. The third-order valence-electron chi connectivity index (χ3n) is 2.67. The fraction of sp³-hybridized carbons (Fsp3) is 0.727. The zero-order chi connectivity index (χ0) is 11.2. The van der Waals surface area contributed by atoms with E-state index in [1.54, 1.807) is 6.20 Å². The van der Waals surface area contributed by atoms with Crippen molar-refractivity contribution >= 4 is 12.6 Å². The zero-order valence-corrected chi connectivity index (χ0v) is 10.2. The molecule has 2 unspecified atom stereocenters. The number of nitrogens with zero attached hydrogens (tertiary/aromatic N) is 1. The van der Waals surface area contributed by atoms with Gasteiger partial charge in [-0.2, -0.15) is 12.6 Å². The van der Waals surface area contributed by atoms with Gasteiger partial charge in [-0.1, -0.05) is 0 Å². The second kappa shape index (κ2) is 6.27. The van der Waals surface area contributed by atoms with Crippen LogP contribution in [0.5, 0.6) is 0 Å². The van der Waals surface area contributed by atoms with E-state index >= 15 is 0 Å². The highest BCUT2D eigenvalue weighted by molar-refractivity contribution is 7.80. The smallest absolute Gasteiger partial charge is 0.157 e. The van der Waals surface area contributed by atoms with Crippen LogP contribution in [-0.4, -0.2) is 29.5 Å². The highest BCUT2D eigenvalue weighted by atomic mass is 32.1. The second-order valence-corrected chi connectivity index (χ2v) is 4.57. The van der Waals surface area contributed by atoms with Crippen LogP contribution in [0.3, 0.4) is 0 Å². The van der Waals surface area contributed by atoms with Crippen molar-refractivity contribution in [2.24, 2.45) is 0 Å². The summed E-state index contributed by atoms with van der Waals surface area (Å²) in [5.41, 5.74) is 0. The Morgan fingerprint density at radius 3 is 3.25 bits per heavy atom. The lowest BCUT2D eigenvalue weighted by Gasteiger charge is -2.23. The second-order valence-electron chi connectivity index (χ2n) is 3.95. The lowest BCUT2D eigenvalue weighted by Crippen LogP contribution is -2.23. The number of rotatable bonds is 5. The number of aromatic amines is 1. The van der Waals surface area contributed by atoms with Crippen molar-refractivity contribution in [2.45, 2.75) is 37.2 Å². The number of hydrogen-bond acceptors (Lipinski definition) is 4. The maximum atomic E-state index is 5.64. The average molecular weight is 242 g/mol. The van der Waals surface area contributed by atoms with Gasteiger partial charge in [-0.15, -0.1) is 0 Å². The van der Waals surface area contributed by atoms with Crippen molar-refractivity contribution in [3.05, 3.63) is 18.2 Å². The minimum atomic E-state index is -0.00844. The molecular formula is C11H18N2O2S. The van der Waals surface area contributed by atoms with Crippen molar-refractivity contribution in [1.29, 1.82) is 0 Å². The van der Waals surface area contributed by atoms with Gasteiger partial charge in [-0.05, 0) is 25.7 Å². The van der Waals surface area contributed by atoms with Gasteiger partial charge in [-0.3, -0.25) is 0 Å². The summed E-state index contributed by atoms with van der Waals surface area (Å²) in [5, 5.41) is 0.110. The minimum Gasteiger partial charge on any atom is -0.353 e. The van der Waals surface area contributed by atoms with Crippen LogP contribution < -0.4 is 0 Å². The van der Waals surface area contributed by atoms with Crippen LogP contribution in [0.1, 0.15) is 36.8 Å². The van der Waals surface area contributed by atoms with E-state index < -0.39 is 0 Å². The molecule has 0 radical (unpaired) electrons. The number of H-pyrrole nitrogens is 1. The van der Waals surface area contributed by atoms with E-state index in [4.69, 9.17) is 9.47 Å². The van der Waals surface area contributed by atoms with Gasteiger partial charge in [0.1, 0.15) is 5.82 Å². The zero-order valence-electron chi connectivity index (χ0n) is 9.26. The summed E-state index contributed by atoms with van der Waals surface area (Å²) in [6.45, 7) is 1.49. The molecular weight excluding hydrogens is 224 g/mol. The van der Waals surface area contributed by atoms with Crippen LogP contribution in [0.2, 0.25) is 0 Å². The molecule has 5 heteroatoms. The molecule has 1 saturated heterocycles. The molecule has 0 aliphatic carbocycles. The number of imidazole rings is 1. The summed E-state index contributed by atoms with van der Waals surface area (Å²) in [7, 11) is 0. The molecule has 0 bridgehead atoms. The Kier molecular flexibility index (Phi) is 4.69. The summed E-state index contributed by atoms with van der Waals surface area (Å²) in [6.07, 6.45) is 7.75. The van der Waals surface area contributed by atoms with Crippen molar-refractivity contribution in [3.63, 3.8) is 0 Å². The SMILES string of the molecule is SC(CCOC1CCCCO1)c1ncc[nH]1. The first-order valence-electron chi connectivity index (χ1n) is 5.77. The monoisotopic (exact) mass is 242 g/mol. The van der Waals surface area contributed by atoms with Crippen LogP contribution >= 0.6 is 12.6 Å². The normalized spacial score (nSPS) is 23.2. The summed E-state index contributed by atoms with van der Waals surface area (Å²) in [5.74, 6) is 0.900. The van der Waals surface area contributed by atoms with Crippen molar-refractivity contribution in [1.82, 2.24) is 9.97 Å². The average Bonchev–Trinajstić information content (AvgIpc) is 2.84. The van der Waals surface area contributed by atoms with Gasteiger partial charge in [-0.25, -0.2) is 4.98 Å². The molecule has 0 spiro atoms.